The van der Waals surface area contributed by atoms with Crippen molar-refractivity contribution in [1.29, 1.82) is 0 Å². The molecule has 2 N–H and O–H groups in total. The van der Waals surface area contributed by atoms with Gasteiger partial charge in [0.2, 0.25) is 0 Å². The number of hydrogen-bond acceptors (Lipinski definition) is 3. The third-order valence-electron chi connectivity index (χ3n) is 2.98. The van der Waals surface area contributed by atoms with E-state index in [1.54, 1.807) is 0 Å². The lowest BCUT2D eigenvalue weighted by molar-refractivity contribution is 0.564. The summed E-state index contributed by atoms with van der Waals surface area (Å²) in [5, 5.41) is 0.0736. The molecule has 6 heteroatoms. The Labute approximate surface area is 113 Å². The predicted molar refractivity (Wildman–Crippen MR) is 73.1 cm³/mol. The van der Waals surface area contributed by atoms with Crippen LogP contribution in [0.1, 0.15) is 31.0 Å². The van der Waals surface area contributed by atoms with E-state index in [2.05, 4.69) is 21.6 Å². The van der Waals surface area contributed by atoms with E-state index >= 15 is 0 Å². The van der Waals surface area contributed by atoms with E-state index in [9.17, 15) is 8.42 Å². The number of aromatic nitrogens is 2. The van der Waals surface area contributed by atoms with Gasteiger partial charge >= 0.3 is 0 Å². The molecule has 0 spiro atoms. The molecule has 5 nitrogen and oxygen atoms in total. The number of imidazole rings is 1. The highest BCUT2D eigenvalue weighted by molar-refractivity contribution is 7.89. The zero-order valence-corrected chi connectivity index (χ0v) is 11.7. The van der Waals surface area contributed by atoms with Crippen molar-refractivity contribution in [2.75, 3.05) is 0 Å². The molecule has 0 radical (unpaired) electrons. The summed E-state index contributed by atoms with van der Waals surface area (Å²) in [5.74, 6) is 0. The Morgan fingerprint density at radius 3 is 2.53 bits per heavy atom. The van der Waals surface area contributed by atoms with Crippen LogP contribution in [0.15, 0.2) is 41.8 Å². The minimum atomic E-state index is -3.55. The molecule has 0 saturated carbocycles. The first-order valence-electron chi connectivity index (χ1n) is 6.12. The number of aromatic amines is 1. The van der Waals surface area contributed by atoms with E-state index < -0.39 is 10.0 Å². The lowest BCUT2D eigenvalue weighted by Crippen LogP contribution is -2.27. The fourth-order valence-electron chi connectivity index (χ4n) is 1.80. The molecular weight excluding hydrogens is 262 g/mol. The first-order chi connectivity index (χ1) is 9.03. The summed E-state index contributed by atoms with van der Waals surface area (Å²) in [6.07, 6.45) is 3.60. The number of hydrogen-bond donors (Lipinski definition) is 2. The Bertz CT molecular complexity index is 618. The number of rotatable bonds is 5. The van der Waals surface area contributed by atoms with Crippen LogP contribution in [0.5, 0.6) is 0 Å². The van der Waals surface area contributed by atoms with Gasteiger partial charge in [0.25, 0.3) is 10.0 Å². The molecule has 0 aliphatic heterocycles. The monoisotopic (exact) mass is 279 g/mol. The molecule has 0 bridgehead atoms. The minimum Gasteiger partial charge on any atom is -0.335 e. The maximum atomic E-state index is 12.0. The van der Waals surface area contributed by atoms with Gasteiger partial charge in [-0.15, -0.1) is 0 Å². The van der Waals surface area contributed by atoms with Gasteiger partial charge in [-0.3, -0.25) is 0 Å². The zero-order valence-electron chi connectivity index (χ0n) is 10.9. The zero-order chi connectivity index (χ0) is 13.9. The Hall–Kier alpha value is -1.66. The maximum absolute atomic E-state index is 12.0. The average Bonchev–Trinajstić information content (AvgIpc) is 2.93. The molecule has 1 heterocycles. The smallest absolute Gasteiger partial charge is 0.258 e. The Morgan fingerprint density at radius 1 is 1.32 bits per heavy atom. The van der Waals surface area contributed by atoms with Crippen molar-refractivity contribution in [3.8, 4) is 0 Å². The molecule has 102 valence electrons. The third kappa shape index (κ3) is 3.21. The molecule has 1 unspecified atom stereocenters. The number of aryl methyl sites for hydroxylation is 1. The second-order valence-electron chi connectivity index (χ2n) is 4.35. The van der Waals surface area contributed by atoms with Crippen molar-refractivity contribution in [2.45, 2.75) is 31.3 Å². The van der Waals surface area contributed by atoms with E-state index in [-0.39, 0.29) is 11.1 Å². The summed E-state index contributed by atoms with van der Waals surface area (Å²) in [6.45, 7) is 3.90. The van der Waals surface area contributed by atoms with Gasteiger partial charge in [0, 0.05) is 6.04 Å². The number of H-pyrrole nitrogens is 1. The molecule has 1 aromatic heterocycles. The molecule has 0 saturated heterocycles. The van der Waals surface area contributed by atoms with Gasteiger partial charge in [0.05, 0.1) is 12.5 Å². The molecule has 0 fully saturated rings. The lowest BCUT2D eigenvalue weighted by atomic mass is 10.1. The molecule has 19 heavy (non-hydrogen) atoms. The summed E-state index contributed by atoms with van der Waals surface area (Å²) in [5.41, 5.74) is 2.16. The number of sulfonamides is 1. The van der Waals surface area contributed by atoms with Crippen LogP contribution in [0, 0.1) is 0 Å². The molecule has 0 amide bonds. The van der Waals surface area contributed by atoms with Gasteiger partial charge in [0.1, 0.15) is 0 Å². The standard InChI is InChI=1S/C13H17N3O2S/c1-3-11-4-6-12(7-5-11)10(2)16-19(17,18)13-8-14-9-15-13/h4-10,16H,3H2,1-2H3,(H,14,15). The van der Waals surface area contributed by atoms with Gasteiger partial charge in [-0.1, -0.05) is 31.2 Å². The second-order valence-corrected chi connectivity index (χ2v) is 6.04. The van der Waals surface area contributed by atoms with Crippen molar-refractivity contribution in [2.24, 2.45) is 0 Å². The van der Waals surface area contributed by atoms with E-state index in [1.807, 2.05) is 31.2 Å². The highest BCUT2D eigenvalue weighted by Gasteiger charge is 2.19. The lowest BCUT2D eigenvalue weighted by Gasteiger charge is -2.14. The van der Waals surface area contributed by atoms with Crippen LogP contribution >= 0.6 is 0 Å². The van der Waals surface area contributed by atoms with Crippen LogP contribution in [0.25, 0.3) is 0 Å². The molecule has 0 aliphatic carbocycles. The van der Waals surface area contributed by atoms with Crippen LogP contribution < -0.4 is 4.72 Å². The van der Waals surface area contributed by atoms with E-state index in [4.69, 9.17) is 0 Å². The number of nitrogens with zero attached hydrogens (tertiary/aromatic N) is 1. The van der Waals surface area contributed by atoms with Crippen LogP contribution in [-0.4, -0.2) is 18.4 Å². The van der Waals surface area contributed by atoms with Gasteiger partial charge in [-0.05, 0) is 24.5 Å². The Kier molecular flexibility index (Phi) is 4.01. The summed E-state index contributed by atoms with van der Waals surface area (Å²) in [7, 11) is -3.55. The minimum absolute atomic E-state index is 0.0736. The quantitative estimate of drug-likeness (QED) is 0.879. The van der Waals surface area contributed by atoms with Crippen molar-refractivity contribution < 1.29 is 8.42 Å². The van der Waals surface area contributed by atoms with Crippen molar-refractivity contribution in [3.05, 3.63) is 47.9 Å². The fourth-order valence-corrected chi connectivity index (χ4v) is 2.93. The normalized spacial score (nSPS) is 13.4. The number of benzene rings is 1. The second kappa shape index (κ2) is 5.54. The average molecular weight is 279 g/mol. The Balaban J connectivity index is 2.14. The van der Waals surface area contributed by atoms with E-state index in [0.717, 1.165) is 12.0 Å². The highest BCUT2D eigenvalue weighted by atomic mass is 32.2. The van der Waals surface area contributed by atoms with Crippen LogP contribution in [0.2, 0.25) is 0 Å². The summed E-state index contributed by atoms with van der Waals surface area (Å²) < 4.78 is 26.6. The number of nitrogens with one attached hydrogen (secondary N) is 2. The van der Waals surface area contributed by atoms with E-state index in [0.29, 0.717) is 0 Å². The van der Waals surface area contributed by atoms with Gasteiger partial charge in [0.15, 0.2) is 5.03 Å². The maximum Gasteiger partial charge on any atom is 0.258 e. The molecule has 1 atom stereocenters. The van der Waals surface area contributed by atoms with E-state index in [1.165, 1.54) is 18.1 Å². The Morgan fingerprint density at radius 2 is 2.00 bits per heavy atom. The van der Waals surface area contributed by atoms with Gasteiger partial charge < -0.3 is 4.98 Å². The van der Waals surface area contributed by atoms with Crippen LogP contribution in [-0.2, 0) is 16.4 Å². The summed E-state index contributed by atoms with van der Waals surface area (Å²) in [6, 6.07) is 7.61. The van der Waals surface area contributed by atoms with Crippen LogP contribution in [0.3, 0.4) is 0 Å². The largest absolute Gasteiger partial charge is 0.335 e. The SMILES string of the molecule is CCc1ccc(C(C)NS(=O)(=O)c2cnc[nH]2)cc1. The van der Waals surface area contributed by atoms with Crippen LogP contribution in [0.4, 0.5) is 0 Å². The molecular formula is C13H17N3O2S. The predicted octanol–water partition coefficient (Wildman–Crippen LogP) is 2.01. The van der Waals surface area contributed by atoms with Crippen molar-refractivity contribution in [1.82, 2.24) is 14.7 Å². The molecule has 1 aromatic carbocycles. The fraction of sp³-hybridized carbons (Fsp3) is 0.308. The highest BCUT2D eigenvalue weighted by Crippen LogP contribution is 2.16. The topological polar surface area (TPSA) is 74.8 Å². The summed E-state index contributed by atoms with van der Waals surface area (Å²) >= 11 is 0. The first-order valence-corrected chi connectivity index (χ1v) is 7.61. The molecule has 2 rings (SSSR count). The van der Waals surface area contributed by atoms with Gasteiger partial charge in [-0.2, -0.15) is 0 Å². The first kappa shape index (κ1) is 13.8. The third-order valence-corrected chi connectivity index (χ3v) is 4.45. The summed E-state index contributed by atoms with van der Waals surface area (Å²) in [4.78, 5) is 6.31. The van der Waals surface area contributed by atoms with Crippen molar-refractivity contribution >= 4 is 10.0 Å². The van der Waals surface area contributed by atoms with Crippen molar-refractivity contribution in [3.63, 3.8) is 0 Å². The molecule has 2 aromatic rings. The molecule has 0 aliphatic rings. The van der Waals surface area contributed by atoms with Gasteiger partial charge in [-0.25, -0.2) is 18.1 Å².